The van der Waals surface area contributed by atoms with Gasteiger partial charge in [0.25, 0.3) is 5.69 Å². The number of hydrogen-bond acceptors (Lipinski definition) is 4. The Labute approximate surface area is 123 Å². The predicted octanol–water partition coefficient (Wildman–Crippen LogP) is 2.31. The predicted molar refractivity (Wildman–Crippen MR) is 77.2 cm³/mol. The molecule has 3 atom stereocenters. The molecule has 1 aromatic rings. The van der Waals surface area contributed by atoms with E-state index in [1.165, 1.54) is 37.5 Å². The normalized spacial score (nSPS) is 27.9. The van der Waals surface area contributed by atoms with Gasteiger partial charge in [0.1, 0.15) is 0 Å². The van der Waals surface area contributed by atoms with E-state index in [0.717, 1.165) is 18.4 Å². The van der Waals surface area contributed by atoms with Crippen molar-refractivity contribution in [1.82, 2.24) is 4.72 Å². The second-order valence-electron chi connectivity index (χ2n) is 6.04. The number of nitrogens with one attached hydrogen (secondary N) is 1. The fourth-order valence-corrected chi connectivity index (χ4v) is 4.82. The molecule has 114 valence electrons. The van der Waals surface area contributed by atoms with Gasteiger partial charge in [0.2, 0.25) is 10.0 Å². The first-order valence-corrected chi connectivity index (χ1v) is 8.68. The van der Waals surface area contributed by atoms with Gasteiger partial charge in [0, 0.05) is 18.7 Å². The monoisotopic (exact) mass is 310 g/mol. The Balaban J connectivity index is 1.69. The van der Waals surface area contributed by atoms with E-state index in [1.807, 2.05) is 0 Å². The molecule has 2 saturated carbocycles. The summed E-state index contributed by atoms with van der Waals surface area (Å²) in [6, 6.07) is 5.17. The standard InChI is InChI=1S/C14H18N2O4S/c17-16(18)13-2-1-3-14(8-13)21(19,20)15-9-12-7-10-4-5-11(12)6-10/h1-3,8,10-12,15H,4-7,9H2/t10-,11+,12+/m0/s1. The maximum atomic E-state index is 12.2. The number of rotatable bonds is 5. The largest absolute Gasteiger partial charge is 0.270 e. The van der Waals surface area contributed by atoms with Crippen molar-refractivity contribution in [2.75, 3.05) is 6.54 Å². The average Bonchev–Trinajstić information content (AvgIpc) is 3.08. The molecule has 3 rings (SSSR count). The Morgan fingerprint density at radius 3 is 2.71 bits per heavy atom. The molecule has 6 nitrogen and oxygen atoms in total. The second kappa shape index (κ2) is 5.38. The highest BCUT2D eigenvalue weighted by atomic mass is 32.2. The molecular formula is C14H18N2O4S. The van der Waals surface area contributed by atoms with Crippen LogP contribution >= 0.6 is 0 Å². The summed E-state index contributed by atoms with van der Waals surface area (Å²) in [6.45, 7) is 0.437. The van der Waals surface area contributed by atoms with Gasteiger partial charge in [-0.25, -0.2) is 13.1 Å². The van der Waals surface area contributed by atoms with Crippen molar-refractivity contribution in [2.24, 2.45) is 17.8 Å². The summed E-state index contributed by atoms with van der Waals surface area (Å²) in [5.74, 6) is 1.82. The Hall–Kier alpha value is -1.47. The van der Waals surface area contributed by atoms with E-state index >= 15 is 0 Å². The summed E-state index contributed by atoms with van der Waals surface area (Å²) in [6.07, 6.45) is 4.80. The first kappa shape index (κ1) is 14.5. The van der Waals surface area contributed by atoms with Gasteiger partial charge in [0.15, 0.2) is 0 Å². The minimum atomic E-state index is -3.68. The van der Waals surface area contributed by atoms with Gasteiger partial charge >= 0.3 is 0 Å². The third-order valence-corrected chi connectivity index (χ3v) is 6.18. The smallest absolute Gasteiger partial charge is 0.258 e. The quantitative estimate of drug-likeness (QED) is 0.667. The molecule has 0 aliphatic heterocycles. The fourth-order valence-electron chi connectivity index (χ4n) is 3.69. The number of nitrogens with zero attached hydrogens (tertiary/aromatic N) is 1. The SMILES string of the molecule is O=[N+]([O-])c1cccc(S(=O)(=O)NC[C@H]2C[C@H]3CC[C@@H]2C3)c1. The minimum absolute atomic E-state index is 0.0418. The van der Waals surface area contributed by atoms with Crippen LogP contribution in [-0.4, -0.2) is 19.9 Å². The second-order valence-corrected chi connectivity index (χ2v) is 7.81. The molecule has 0 spiro atoms. The third-order valence-electron chi connectivity index (χ3n) is 4.76. The number of nitro groups is 1. The summed E-state index contributed by atoms with van der Waals surface area (Å²) >= 11 is 0. The van der Waals surface area contributed by atoms with Gasteiger partial charge in [-0.05, 0) is 43.1 Å². The van der Waals surface area contributed by atoms with Gasteiger partial charge in [-0.1, -0.05) is 12.5 Å². The van der Waals surface area contributed by atoms with Crippen molar-refractivity contribution in [1.29, 1.82) is 0 Å². The van der Waals surface area contributed by atoms with Gasteiger partial charge in [-0.3, -0.25) is 10.1 Å². The van der Waals surface area contributed by atoms with Crippen LogP contribution in [0.5, 0.6) is 0 Å². The molecule has 21 heavy (non-hydrogen) atoms. The Morgan fingerprint density at radius 1 is 1.29 bits per heavy atom. The van der Waals surface area contributed by atoms with Crippen LogP contribution in [0, 0.1) is 27.9 Å². The van der Waals surface area contributed by atoms with E-state index in [0.29, 0.717) is 18.4 Å². The lowest BCUT2D eigenvalue weighted by Gasteiger charge is -2.21. The highest BCUT2D eigenvalue weighted by Gasteiger charge is 2.39. The van der Waals surface area contributed by atoms with Crippen LogP contribution in [-0.2, 0) is 10.0 Å². The number of non-ortho nitro benzene ring substituents is 1. The number of nitro benzene ring substituents is 1. The molecule has 1 N–H and O–H groups in total. The maximum absolute atomic E-state index is 12.2. The van der Waals surface area contributed by atoms with Crippen LogP contribution < -0.4 is 4.72 Å². The van der Waals surface area contributed by atoms with E-state index in [4.69, 9.17) is 0 Å². The lowest BCUT2D eigenvalue weighted by Crippen LogP contribution is -2.31. The molecule has 0 heterocycles. The molecular weight excluding hydrogens is 292 g/mol. The Morgan fingerprint density at radius 2 is 2.10 bits per heavy atom. The zero-order chi connectivity index (χ0) is 15.0. The minimum Gasteiger partial charge on any atom is -0.258 e. The van der Waals surface area contributed by atoms with Gasteiger partial charge in [-0.2, -0.15) is 0 Å². The van der Waals surface area contributed by atoms with Crippen molar-refractivity contribution in [2.45, 2.75) is 30.6 Å². The van der Waals surface area contributed by atoms with Crippen LogP contribution in [0.2, 0.25) is 0 Å². The molecule has 2 bridgehead atoms. The van der Waals surface area contributed by atoms with Crippen molar-refractivity contribution in [3.8, 4) is 0 Å². The van der Waals surface area contributed by atoms with Crippen LogP contribution in [0.25, 0.3) is 0 Å². The number of sulfonamides is 1. The molecule has 7 heteroatoms. The average molecular weight is 310 g/mol. The molecule has 0 unspecified atom stereocenters. The lowest BCUT2D eigenvalue weighted by molar-refractivity contribution is -0.385. The van der Waals surface area contributed by atoms with E-state index in [1.54, 1.807) is 0 Å². The molecule has 0 saturated heterocycles. The first-order chi connectivity index (χ1) is 9.95. The third kappa shape index (κ3) is 2.94. The summed E-state index contributed by atoms with van der Waals surface area (Å²) in [7, 11) is -3.68. The van der Waals surface area contributed by atoms with Crippen molar-refractivity contribution in [3.05, 3.63) is 34.4 Å². The highest BCUT2D eigenvalue weighted by Crippen LogP contribution is 2.48. The zero-order valence-electron chi connectivity index (χ0n) is 11.6. The number of hydrogen-bond donors (Lipinski definition) is 1. The molecule has 2 aliphatic carbocycles. The van der Waals surface area contributed by atoms with Crippen LogP contribution in [0.3, 0.4) is 0 Å². The molecule has 1 aromatic carbocycles. The summed E-state index contributed by atoms with van der Waals surface area (Å²) in [5.41, 5.74) is -0.210. The lowest BCUT2D eigenvalue weighted by atomic mass is 9.89. The molecule has 2 aliphatic rings. The van der Waals surface area contributed by atoms with Gasteiger partial charge < -0.3 is 0 Å². The van der Waals surface area contributed by atoms with E-state index in [2.05, 4.69) is 4.72 Å². The van der Waals surface area contributed by atoms with E-state index in [9.17, 15) is 18.5 Å². The number of benzene rings is 1. The van der Waals surface area contributed by atoms with E-state index in [-0.39, 0.29) is 10.6 Å². The van der Waals surface area contributed by atoms with Crippen molar-refractivity contribution < 1.29 is 13.3 Å². The van der Waals surface area contributed by atoms with Crippen molar-refractivity contribution >= 4 is 15.7 Å². The molecule has 2 fully saturated rings. The fraction of sp³-hybridized carbons (Fsp3) is 0.571. The molecule has 0 amide bonds. The summed E-state index contributed by atoms with van der Waals surface area (Å²) < 4.78 is 27.1. The topological polar surface area (TPSA) is 89.3 Å². The Bertz CT molecular complexity index is 659. The zero-order valence-corrected chi connectivity index (χ0v) is 12.4. The molecule has 0 radical (unpaired) electrons. The van der Waals surface area contributed by atoms with Gasteiger partial charge in [0.05, 0.1) is 9.82 Å². The maximum Gasteiger partial charge on any atom is 0.270 e. The summed E-state index contributed by atoms with van der Waals surface area (Å²) in [5, 5.41) is 10.7. The van der Waals surface area contributed by atoms with E-state index < -0.39 is 14.9 Å². The van der Waals surface area contributed by atoms with Gasteiger partial charge in [-0.15, -0.1) is 0 Å². The Kier molecular flexibility index (Phi) is 3.71. The van der Waals surface area contributed by atoms with Crippen LogP contribution in [0.4, 0.5) is 5.69 Å². The first-order valence-electron chi connectivity index (χ1n) is 7.20. The summed E-state index contributed by atoms with van der Waals surface area (Å²) in [4.78, 5) is 10.1. The number of fused-ring (bicyclic) bond motifs is 2. The van der Waals surface area contributed by atoms with Crippen molar-refractivity contribution in [3.63, 3.8) is 0 Å². The van der Waals surface area contributed by atoms with Crippen LogP contribution in [0.15, 0.2) is 29.2 Å². The molecule has 0 aromatic heterocycles. The highest BCUT2D eigenvalue weighted by molar-refractivity contribution is 7.89. The van der Waals surface area contributed by atoms with Crippen LogP contribution in [0.1, 0.15) is 25.7 Å².